The van der Waals surface area contributed by atoms with Crippen LogP contribution >= 0.6 is 23.2 Å². The third kappa shape index (κ3) is 1.67. The van der Waals surface area contributed by atoms with E-state index in [0.717, 1.165) is 0 Å². The molecule has 74 valence electrons. The van der Waals surface area contributed by atoms with E-state index < -0.39 is 0 Å². The molecule has 1 saturated heterocycles. The topological polar surface area (TPSA) is 46.1 Å². The van der Waals surface area contributed by atoms with E-state index in [4.69, 9.17) is 23.2 Å². The van der Waals surface area contributed by atoms with Crippen LogP contribution in [0.3, 0.4) is 0 Å². The molecule has 4 nitrogen and oxygen atoms in total. The van der Waals surface area contributed by atoms with Crippen LogP contribution < -0.4 is 4.90 Å². The highest BCUT2D eigenvalue weighted by Gasteiger charge is 2.31. The second-order valence-corrected chi connectivity index (χ2v) is 3.95. The van der Waals surface area contributed by atoms with Crippen molar-refractivity contribution in [1.29, 1.82) is 0 Å². The molecule has 0 spiro atoms. The van der Waals surface area contributed by atoms with Gasteiger partial charge in [-0.05, 0) is 0 Å². The normalized spacial score (nSPS) is 21.7. The Kier molecular flexibility index (Phi) is 2.56. The molecule has 0 bridgehead atoms. The van der Waals surface area contributed by atoms with Crippen molar-refractivity contribution in [2.45, 2.75) is 11.8 Å². The lowest BCUT2D eigenvalue weighted by molar-refractivity contribution is -0.117. The van der Waals surface area contributed by atoms with Crippen LogP contribution in [0.1, 0.15) is 6.42 Å². The zero-order valence-corrected chi connectivity index (χ0v) is 8.66. The third-order valence-electron chi connectivity index (χ3n) is 1.97. The van der Waals surface area contributed by atoms with Gasteiger partial charge in [-0.2, -0.15) is 0 Å². The van der Waals surface area contributed by atoms with Gasteiger partial charge in [0.25, 0.3) is 0 Å². The standard InChI is InChI=1S/C8H7Cl2N3O/c9-5-3-6(14)13(4-5)8-7(10)11-1-2-12-8/h1-2,5H,3-4H2. The van der Waals surface area contributed by atoms with Crippen molar-refractivity contribution < 1.29 is 4.79 Å². The molecule has 1 amide bonds. The van der Waals surface area contributed by atoms with Crippen LogP contribution in [0.15, 0.2) is 12.4 Å². The Balaban J connectivity index is 2.32. The minimum absolute atomic E-state index is 0.0626. The van der Waals surface area contributed by atoms with E-state index in [0.29, 0.717) is 18.8 Å². The fourth-order valence-corrected chi connectivity index (χ4v) is 1.84. The molecule has 6 heteroatoms. The molecule has 1 aliphatic heterocycles. The molecule has 1 unspecified atom stereocenters. The number of anilines is 1. The summed E-state index contributed by atoms with van der Waals surface area (Å²) in [7, 11) is 0. The van der Waals surface area contributed by atoms with Gasteiger partial charge in [0.05, 0.1) is 5.38 Å². The number of nitrogens with zero attached hydrogens (tertiary/aromatic N) is 3. The van der Waals surface area contributed by atoms with Gasteiger partial charge in [0.2, 0.25) is 5.91 Å². The van der Waals surface area contributed by atoms with E-state index >= 15 is 0 Å². The first kappa shape index (κ1) is 9.68. The number of carbonyl (C=O) groups excluding carboxylic acids is 1. The van der Waals surface area contributed by atoms with Crippen molar-refractivity contribution in [3.63, 3.8) is 0 Å². The summed E-state index contributed by atoms with van der Waals surface area (Å²) in [4.78, 5) is 20.8. The highest BCUT2D eigenvalue weighted by atomic mass is 35.5. The minimum Gasteiger partial charge on any atom is -0.293 e. The molecule has 0 aliphatic carbocycles. The summed E-state index contributed by atoms with van der Waals surface area (Å²) in [5.74, 6) is 0.328. The lowest BCUT2D eigenvalue weighted by Gasteiger charge is -2.14. The van der Waals surface area contributed by atoms with Crippen LogP contribution in [0.4, 0.5) is 5.82 Å². The van der Waals surface area contributed by atoms with Gasteiger partial charge in [-0.15, -0.1) is 11.6 Å². The fourth-order valence-electron chi connectivity index (χ4n) is 1.36. The molecule has 1 atom stereocenters. The quantitative estimate of drug-likeness (QED) is 0.689. The van der Waals surface area contributed by atoms with Gasteiger partial charge >= 0.3 is 0 Å². The first-order valence-corrected chi connectivity index (χ1v) is 4.91. The summed E-state index contributed by atoms with van der Waals surface area (Å²) in [6.45, 7) is 0.443. The van der Waals surface area contributed by atoms with Crippen molar-refractivity contribution in [2.75, 3.05) is 11.4 Å². The molecule has 0 radical (unpaired) electrons. The summed E-state index contributed by atoms with van der Waals surface area (Å²) >= 11 is 11.7. The summed E-state index contributed by atoms with van der Waals surface area (Å²) in [6, 6.07) is 0. The number of rotatable bonds is 1. The van der Waals surface area contributed by atoms with Crippen LogP contribution in [-0.4, -0.2) is 27.8 Å². The Labute approximate surface area is 90.9 Å². The molecule has 0 saturated carbocycles. The molecule has 14 heavy (non-hydrogen) atoms. The molecular formula is C8H7Cl2N3O. The third-order valence-corrected chi connectivity index (χ3v) is 2.53. The molecule has 1 aromatic heterocycles. The van der Waals surface area contributed by atoms with Crippen molar-refractivity contribution in [2.24, 2.45) is 0 Å². The molecule has 1 aliphatic rings. The van der Waals surface area contributed by atoms with Crippen molar-refractivity contribution in [3.8, 4) is 0 Å². The van der Waals surface area contributed by atoms with Gasteiger partial charge in [-0.25, -0.2) is 9.97 Å². The highest BCUT2D eigenvalue weighted by Crippen LogP contribution is 2.26. The minimum atomic E-state index is -0.166. The molecule has 0 N–H and O–H groups in total. The number of aromatic nitrogens is 2. The maximum atomic E-state index is 11.5. The summed E-state index contributed by atoms with van der Waals surface area (Å²) in [5.41, 5.74) is 0. The van der Waals surface area contributed by atoms with Gasteiger partial charge in [0.1, 0.15) is 0 Å². The lowest BCUT2D eigenvalue weighted by Crippen LogP contribution is -2.26. The molecule has 1 fully saturated rings. The summed E-state index contributed by atoms with van der Waals surface area (Å²) in [6.07, 6.45) is 3.30. The average Bonchev–Trinajstić information content (AvgIpc) is 2.46. The first-order valence-electron chi connectivity index (χ1n) is 4.09. The SMILES string of the molecule is O=C1CC(Cl)CN1c1nccnc1Cl. The molecular weight excluding hydrogens is 225 g/mol. The van der Waals surface area contributed by atoms with Gasteiger partial charge in [0.15, 0.2) is 11.0 Å². The van der Waals surface area contributed by atoms with E-state index in [1.165, 1.54) is 17.3 Å². The maximum Gasteiger partial charge on any atom is 0.229 e. The monoisotopic (exact) mass is 231 g/mol. The second-order valence-electron chi connectivity index (χ2n) is 2.98. The predicted molar refractivity (Wildman–Crippen MR) is 53.7 cm³/mol. The van der Waals surface area contributed by atoms with Gasteiger partial charge in [0, 0.05) is 25.4 Å². The van der Waals surface area contributed by atoms with Crippen LogP contribution in [0.25, 0.3) is 0 Å². The Morgan fingerprint density at radius 1 is 1.43 bits per heavy atom. The summed E-state index contributed by atoms with van der Waals surface area (Å²) in [5, 5.41) is 0.0622. The van der Waals surface area contributed by atoms with Crippen molar-refractivity contribution in [1.82, 2.24) is 9.97 Å². The van der Waals surface area contributed by atoms with Gasteiger partial charge < -0.3 is 0 Å². The lowest BCUT2D eigenvalue weighted by atomic mass is 10.4. The Hall–Kier alpha value is -0.870. The van der Waals surface area contributed by atoms with Crippen LogP contribution in [0, 0.1) is 0 Å². The highest BCUT2D eigenvalue weighted by molar-refractivity contribution is 6.32. The largest absolute Gasteiger partial charge is 0.293 e. The number of hydrogen-bond donors (Lipinski definition) is 0. The van der Waals surface area contributed by atoms with Crippen LogP contribution in [0.2, 0.25) is 5.15 Å². The average molecular weight is 232 g/mol. The van der Waals surface area contributed by atoms with Gasteiger partial charge in [-0.3, -0.25) is 9.69 Å². The van der Waals surface area contributed by atoms with Crippen LogP contribution in [0.5, 0.6) is 0 Å². The number of alkyl halides is 1. The van der Waals surface area contributed by atoms with Gasteiger partial charge in [-0.1, -0.05) is 11.6 Å². The maximum absolute atomic E-state index is 11.5. The van der Waals surface area contributed by atoms with E-state index in [9.17, 15) is 4.79 Å². The number of carbonyl (C=O) groups is 1. The molecule has 2 heterocycles. The van der Waals surface area contributed by atoms with Crippen LogP contribution in [-0.2, 0) is 4.79 Å². The fraction of sp³-hybridized carbons (Fsp3) is 0.375. The Bertz CT molecular complexity index is 371. The summed E-state index contributed by atoms with van der Waals surface area (Å²) < 4.78 is 0. The van der Waals surface area contributed by atoms with E-state index in [-0.39, 0.29) is 16.4 Å². The smallest absolute Gasteiger partial charge is 0.229 e. The van der Waals surface area contributed by atoms with E-state index in [2.05, 4.69) is 9.97 Å². The molecule has 0 aromatic carbocycles. The van der Waals surface area contributed by atoms with E-state index in [1.807, 2.05) is 0 Å². The Morgan fingerprint density at radius 3 is 2.71 bits per heavy atom. The van der Waals surface area contributed by atoms with E-state index in [1.54, 1.807) is 0 Å². The van der Waals surface area contributed by atoms with Crippen molar-refractivity contribution >= 4 is 34.9 Å². The second kappa shape index (κ2) is 3.71. The Morgan fingerprint density at radius 2 is 2.14 bits per heavy atom. The molecule has 2 rings (SSSR count). The van der Waals surface area contributed by atoms with Crippen molar-refractivity contribution in [3.05, 3.63) is 17.5 Å². The zero-order valence-electron chi connectivity index (χ0n) is 7.15. The first-order chi connectivity index (χ1) is 6.68. The number of hydrogen-bond acceptors (Lipinski definition) is 3. The predicted octanol–water partition coefficient (Wildman–Crippen LogP) is 1.47. The number of amides is 1. The zero-order chi connectivity index (χ0) is 10.1. The number of halogens is 2. The molecule has 1 aromatic rings.